The molecular formula is C8H9N3O2S. The van der Waals surface area contributed by atoms with E-state index in [0.29, 0.717) is 5.56 Å². The number of aryl methyl sites for hydroxylation is 2. The van der Waals surface area contributed by atoms with E-state index < -0.39 is 10.0 Å². The maximum atomic E-state index is 11.4. The van der Waals surface area contributed by atoms with Gasteiger partial charge in [-0.2, -0.15) is 0 Å². The summed E-state index contributed by atoms with van der Waals surface area (Å²) in [5, 5.41) is 0. The molecule has 0 aliphatic rings. The monoisotopic (exact) mass is 211 g/mol. The minimum Gasteiger partial charge on any atom is -0.216 e. The van der Waals surface area contributed by atoms with Gasteiger partial charge in [-0.3, -0.25) is 0 Å². The molecule has 0 amide bonds. The number of nitrogens with zero attached hydrogens (tertiary/aromatic N) is 3. The molecule has 0 spiro atoms. The first kappa shape index (κ1) is 10.6. The van der Waals surface area contributed by atoms with Crippen molar-refractivity contribution in [3.63, 3.8) is 0 Å². The minimum atomic E-state index is -3.86. The first-order valence-corrected chi connectivity index (χ1v) is 5.30. The molecule has 0 fully saturated rings. The summed E-state index contributed by atoms with van der Waals surface area (Å²) in [4.78, 5) is 2.36. The summed E-state index contributed by atoms with van der Waals surface area (Å²) in [5.41, 5.74) is 9.48. The smallest absolute Gasteiger partial charge is 0.216 e. The summed E-state index contributed by atoms with van der Waals surface area (Å²) in [5.74, 6) is 0. The fraction of sp³-hybridized carbons (Fsp3) is 0.250. The van der Waals surface area contributed by atoms with Crippen LogP contribution >= 0.6 is 0 Å². The molecule has 0 aliphatic heterocycles. The predicted molar refractivity (Wildman–Crippen MR) is 52.2 cm³/mol. The number of hydrogen-bond donors (Lipinski definition) is 0. The molecule has 0 atom stereocenters. The van der Waals surface area contributed by atoms with Crippen LogP contribution in [0.15, 0.2) is 27.6 Å². The molecule has 0 N–H and O–H groups in total. The van der Waals surface area contributed by atoms with Crippen molar-refractivity contribution in [2.75, 3.05) is 0 Å². The normalized spacial score (nSPS) is 10.7. The van der Waals surface area contributed by atoms with Crippen LogP contribution in [0.25, 0.3) is 10.4 Å². The van der Waals surface area contributed by atoms with Crippen LogP contribution in [0.3, 0.4) is 0 Å². The zero-order valence-corrected chi connectivity index (χ0v) is 8.61. The van der Waals surface area contributed by atoms with Gasteiger partial charge < -0.3 is 0 Å². The molecule has 1 aromatic rings. The Balaban J connectivity index is 3.46. The summed E-state index contributed by atoms with van der Waals surface area (Å²) < 4.78 is 25.6. The molecule has 0 saturated carbocycles. The number of rotatable bonds is 2. The van der Waals surface area contributed by atoms with Gasteiger partial charge in [0, 0.05) is 9.43 Å². The van der Waals surface area contributed by atoms with Crippen LogP contribution in [0.5, 0.6) is 0 Å². The second kappa shape index (κ2) is 3.69. The van der Waals surface area contributed by atoms with Gasteiger partial charge in [0.15, 0.2) is 0 Å². The van der Waals surface area contributed by atoms with E-state index in [-0.39, 0.29) is 4.90 Å². The Bertz CT molecular complexity index is 501. The van der Waals surface area contributed by atoms with Gasteiger partial charge >= 0.3 is 0 Å². The van der Waals surface area contributed by atoms with Crippen LogP contribution < -0.4 is 0 Å². The Morgan fingerprint density at radius 3 is 2.57 bits per heavy atom. The Hall–Kier alpha value is -1.52. The summed E-state index contributed by atoms with van der Waals surface area (Å²) in [7, 11) is -3.86. The van der Waals surface area contributed by atoms with Crippen molar-refractivity contribution in [2.24, 2.45) is 4.52 Å². The van der Waals surface area contributed by atoms with Crippen molar-refractivity contribution < 1.29 is 8.42 Å². The average molecular weight is 211 g/mol. The van der Waals surface area contributed by atoms with Crippen LogP contribution in [0, 0.1) is 13.8 Å². The topological polar surface area (TPSA) is 82.9 Å². The van der Waals surface area contributed by atoms with Gasteiger partial charge in [0.25, 0.3) is 10.0 Å². The van der Waals surface area contributed by atoms with E-state index in [2.05, 4.69) is 9.43 Å². The van der Waals surface area contributed by atoms with Gasteiger partial charge in [0.2, 0.25) is 0 Å². The predicted octanol–water partition coefficient (Wildman–Crippen LogP) is 2.30. The van der Waals surface area contributed by atoms with E-state index in [1.165, 1.54) is 6.07 Å². The second-order valence-corrected chi connectivity index (χ2v) is 4.47. The van der Waals surface area contributed by atoms with E-state index in [1.807, 2.05) is 0 Å². The largest absolute Gasteiger partial charge is 0.264 e. The molecule has 0 bridgehead atoms. The third-order valence-corrected chi connectivity index (χ3v) is 3.05. The third kappa shape index (κ3) is 2.04. The molecule has 1 rings (SSSR count). The maximum Gasteiger partial charge on any atom is 0.264 e. The SMILES string of the molecule is Cc1ccc(C)c(S(=O)(=O)N=[N+]=[N-])c1. The summed E-state index contributed by atoms with van der Waals surface area (Å²) in [6.45, 7) is 3.42. The molecule has 0 heterocycles. The van der Waals surface area contributed by atoms with Crippen LogP contribution in [-0.2, 0) is 10.0 Å². The van der Waals surface area contributed by atoms with Crippen LogP contribution in [0.2, 0.25) is 0 Å². The second-order valence-electron chi connectivity index (χ2n) is 2.92. The van der Waals surface area contributed by atoms with Crippen molar-refractivity contribution in [2.45, 2.75) is 18.7 Å². The van der Waals surface area contributed by atoms with E-state index in [4.69, 9.17) is 5.53 Å². The van der Waals surface area contributed by atoms with Crippen molar-refractivity contribution in [1.82, 2.24) is 0 Å². The van der Waals surface area contributed by atoms with Crippen molar-refractivity contribution >= 4 is 10.0 Å². The highest BCUT2D eigenvalue weighted by Crippen LogP contribution is 2.18. The lowest BCUT2D eigenvalue weighted by Gasteiger charge is -2.03. The van der Waals surface area contributed by atoms with Crippen LogP contribution in [-0.4, -0.2) is 8.42 Å². The molecular weight excluding hydrogens is 202 g/mol. The molecule has 6 heteroatoms. The summed E-state index contributed by atoms with van der Waals surface area (Å²) >= 11 is 0. The van der Waals surface area contributed by atoms with E-state index >= 15 is 0 Å². The molecule has 1 aromatic carbocycles. The van der Waals surface area contributed by atoms with Crippen LogP contribution in [0.1, 0.15) is 11.1 Å². The van der Waals surface area contributed by atoms with Gasteiger partial charge in [-0.15, -0.1) is 0 Å². The third-order valence-electron chi connectivity index (χ3n) is 1.77. The zero-order valence-electron chi connectivity index (χ0n) is 7.80. The molecule has 0 radical (unpaired) electrons. The van der Waals surface area contributed by atoms with Crippen molar-refractivity contribution in [3.8, 4) is 0 Å². The fourth-order valence-corrected chi connectivity index (χ4v) is 2.07. The number of azide groups is 1. The Kier molecular flexibility index (Phi) is 2.78. The lowest BCUT2D eigenvalue weighted by atomic mass is 10.2. The van der Waals surface area contributed by atoms with Gasteiger partial charge in [0.1, 0.15) is 0 Å². The zero-order chi connectivity index (χ0) is 10.8. The highest BCUT2D eigenvalue weighted by molar-refractivity contribution is 7.90. The molecule has 0 saturated heterocycles. The van der Waals surface area contributed by atoms with Crippen molar-refractivity contribution in [3.05, 3.63) is 39.8 Å². The van der Waals surface area contributed by atoms with Gasteiger partial charge in [-0.25, -0.2) is 8.42 Å². The Morgan fingerprint density at radius 2 is 2.00 bits per heavy atom. The first-order valence-electron chi connectivity index (χ1n) is 3.86. The highest BCUT2D eigenvalue weighted by Gasteiger charge is 2.14. The Morgan fingerprint density at radius 1 is 1.36 bits per heavy atom. The van der Waals surface area contributed by atoms with Gasteiger partial charge in [0.05, 0.1) is 4.90 Å². The molecule has 0 aliphatic carbocycles. The summed E-state index contributed by atoms with van der Waals surface area (Å²) in [6.07, 6.45) is 0. The Labute approximate surface area is 82.1 Å². The molecule has 0 unspecified atom stereocenters. The maximum absolute atomic E-state index is 11.4. The highest BCUT2D eigenvalue weighted by atomic mass is 32.2. The van der Waals surface area contributed by atoms with Crippen molar-refractivity contribution in [1.29, 1.82) is 0 Å². The molecule has 14 heavy (non-hydrogen) atoms. The average Bonchev–Trinajstić information content (AvgIpc) is 2.09. The lowest BCUT2D eigenvalue weighted by molar-refractivity contribution is 0.596. The first-order chi connectivity index (χ1) is 6.47. The summed E-state index contributed by atoms with van der Waals surface area (Å²) in [6, 6.07) is 4.96. The minimum absolute atomic E-state index is 0.0651. The van der Waals surface area contributed by atoms with Crippen LogP contribution in [0.4, 0.5) is 0 Å². The van der Waals surface area contributed by atoms with Gasteiger partial charge in [-0.05, 0) is 36.6 Å². The van der Waals surface area contributed by atoms with E-state index in [1.54, 1.807) is 26.0 Å². The molecule has 5 nitrogen and oxygen atoms in total. The molecule has 0 aromatic heterocycles. The quantitative estimate of drug-likeness (QED) is 0.427. The number of benzene rings is 1. The number of hydrogen-bond acceptors (Lipinski definition) is 2. The van der Waals surface area contributed by atoms with Gasteiger partial charge in [-0.1, -0.05) is 12.1 Å². The lowest BCUT2D eigenvalue weighted by Crippen LogP contribution is -1.98. The molecule has 74 valence electrons. The van der Waals surface area contributed by atoms with E-state index in [9.17, 15) is 8.42 Å². The fourth-order valence-electron chi connectivity index (χ4n) is 1.08. The standard InChI is InChI=1S/C8H9N3O2S/c1-6-3-4-7(2)8(5-6)14(12,13)11-10-9/h3-5H,1-2H3. The van der Waals surface area contributed by atoms with E-state index in [0.717, 1.165) is 5.56 Å². The number of sulfonamides is 1.